The van der Waals surface area contributed by atoms with Crippen LogP contribution in [0.4, 0.5) is 0 Å². The van der Waals surface area contributed by atoms with Gasteiger partial charge in [0.15, 0.2) is 0 Å². The maximum atomic E-state index is 4.00. The maximum absolute atomic E-state index is 4.00. The van der Waals surface area contributed by atoms with Crippen LogP contribution < -0.4 is 0 Å². The summed E-state index contributed by atoms with van der Waals surface area (Å²) >= 11 is 1.90. The van der Waals surface area contributed by atoms with Crippen molar-refractivity contribution in [3.63, 3.8) is 0 Å². The molecule has 0 fully saturated rings. The second-order valence-electron chi connectivity index (χ2n) is 3.06. The number of pyridine rings is 1. The summed E-state index contributed by atoms with van der Waals surface area (Å²) < 4.78 is 0. The lowest BCUT2D eigenvalue weighted by Gasteiger charge is -2.17. The molecule has 0 saturated heterocycles. The van der Waals surface area contributed by atoms with Crippen molar-refractivity contribution in [2.45, 2.75) is 18.7 Å². The van der Waals surface area contributed by atoms with Gasteiger partial charge in [-0.2, -0.15) is 0 Å². The number of nitrogens with zero attached hydrogens (tertiary/aromatic N) is 2. The van der Waals surface area contributed by atoms with Crippen molar-refractivity contribution in [2.75, 3.05) is 25.4 Å². The fraction of sp³-hybridized carbons (Fsp3) is 0.545. The van der Waals surface area contributed by atoms with E-state index < -0.39 is 0 Å². The molecular weight excluding hydrogens is 192 g/mol. The molecule has 1 rings (SSSR count). The Balaban J connectivity index is 2.21. The van der Waals surface area contributed by atoms with Crippen LogP contribution in [0.1, 0.15) is 13.8 Å². The Hall–Kier alpha value is -0.540. The first-order valence-corrected chi connectivity index (χ1v) is 6.10. The minimum atomic E-state index is 1.15. The van der Waals surface area contributed by atoms with Crippen LogP contribution in [0.3, 0.4) is 0 Å². The van der Waals surface area contributed by atoms with Gasteiger partial charge in [0.25, 0.3) is 0 Å². The van der Waals surface area contributed by atoms with E-state index in [1.54, 1.807) is 0 Å². The lowest BCUT2D eigenvalue weighted by molar-refractivity contribution is 0.324. The van der Waals surface area contributed by atoms with Gasteiger partial charge in [0.05, 0.1) is 0 Å². The van der Waals surface area contributed by atoms with Crippen molar-refractivity contribution in [1.82, 2.24) is 9.88 Å². The molecule has 0 aromatic carbocycles. The molecule has 0 aliphatic heterocycles. The van der Waals surface area contributed by atoms with Gasteiger partial charge < -0.3 is 4.90 Å². The van der Waals surface area contributed by atoms with Crippen molar-refractivity contribution < 1.29 is 0 Å². The molecule has 0 spiro atoms. The predicted molar refractivity (Wildman–Crippen MR) is 62.7 cm³/mol. The van der Waals surface area contributed by atoms with E-state index in [0.29, 0.717) is 0 Å². The number of thioether (sulfide) groups is 1. The maximum Gasteiger partial charge on any atom is 0.0278 e. The zero-order valence-corrected chi connectivity index (χ0v) is 9.76. The van der Waals surface area contributed by atoms with Crippen LogP contribution in [0.5, 0.6) is 0 Å². The second-order valence-corrected chi connectivity index (χ2v) is 4.23. The van der Waals surface area contributed by atoms with Gasteiger partial charge in [-0.15, -0.1) is 11.8 Å². The van der Waals surface area contributed by atoms with E-state index in [9.17, 15) is 0 Å². The van der Waals surface area contributed by atoms with Crippen LogP contribution in [0.25, 0.3) is 0 Å². The van der Waals surface area contributed by atoms with E-state index >= 15 is 0 Å². The lowest BCUT2D eigenvalue weighted by Crippen LogP contribution is -2.25. The molecule has 0 bridgehead atoms. The normalized spacial score (nSPS) is 10.8. The molecule has 14 heavy (non-hydrogen) atoms. The summed E-state index contributed by atoms with van der Waals surface area (Å²) in [5, 5.41) is 0. The molecular formula is C11H18N2S. The summed E-state index contributed by atoms with van der Waals surface area (Å²) in [5.74, 6) is 1.16. The average Bonchev–Trinajstić information content (AvgIpc) is 2.26. The van der Waals surface area contributed by atoms with E-state index in [1.165, 1.54) is 11.4 Å². The number of rotatable bonds is 6. The summed E-state index contributed by atoms with van der Waals surface area (Å²) in [6.07, 6.45) is 3.69. The molecule has 0 unspecified atom stereocenters. The van der Waals surface area contributed by atoms with E-state index in [1.807, 2.05) is 24.2 Å². The summed E-state index contributed by atoms with van der Waals surface area (Å²) in [6, 6.07) is 4.12. The van der Waals surface area contributed by atoms with Crippen molar-refractivity contribution in [2.24, 2.45) is 0 Å². The predicted octanol–water partition coefficient (Wildman–Crippen LogP) is 2.52. The van der Waals surface area contributed by atoms with E-state index in [0.717, 1.165) is 18.8 Å². The largest absolute Gasteiger partial charge is 0.303 e. The van der Waals surface area contributed by atoms with Gasteiger partial charge in [-0.3, -0.25) is 4.98 Å². The van der Waals surface area contributed by atoms with Crippen LogP contribution in [0.2, 0.25) is 0 Å². The molecule has 1 aromatic rings. The van der Waals surface area contributed by atoms with Gasteiger partial charge in [0.1, 0.15) is 0 Å². The molecule has 0 aliphatic carbocycles. The molecule has 0 aliphatic rings. The molecule has 78 valence electrons. The third kappa shape index (κ3) is 4.11. The van der Waals surface area contributed by atoms with Gasteiger partial charge in [0.2, 0.25) is 0 Å². The first-order chi connectivity index (χ1) is 6.86. The Morgan fingerprint density at radius 1 is 1.21 bits per heavy atom. The third-order valence-corrected chi connectivity index (χ3v) is 3.21. The van der Waals surface area contributed by atoms with E-state index in [-0.39, 0.29) is 0 Å². The smallest absolute Gasteiger partial charge is 0.0278 e. The highest BCUT2D eigenvalue weighted by Gasteiger charge is 1.98. The van der Waals surface area contributed by atoms with Gasteiger partial charge >= 0.3 is 0 Å². The Labute approximate surface area is 90.7 Å². The monoisotopic (exact) mass is 210 g/mol. The SMILES string of the molecule is CCN(CC)CCSc1ccncc1. The Kier molecular flexibility index (Phi) is 5.64. The van der Waals surface area contributed by atoms with Gasteiger partial charge in [-0.05, 0) is 25.2 Å². The molecule has 0 radical (unpaired) electrons. The van der Waals surface area contributed by atoms with Crippen LogP contribution in [-0.4, -0.2) is 35.3 Å². The third-order valence-electron chi connectivity index (χ3n) is 2.22. The molecule has 0 atom stereocenters. The lowest BCUT2D eigenvalue weighted by atomic mass is 10.5. The van der Waals surface area contributed by atoms with Gasteiger partial charge in [-0.1, -0.05) is 13.8 Å². The quantitative estimate of drug-likeness (QED) is 0.671. The summed E-state index contributed by atoms with van der Waals surface area (Å²) in [6.45, 7) is 7.88. The Morgan fingerprint density at radius 3 is 2.43 bits per heavy atom. The summed E-state index contributed by atoms with van der Waals surface area (Å²) in [4.78, 5) is 7.75. The minimum absolute atomic E-state index is 1.15. The van der Waals surface area contributed by atoms with Crippen molar-refractivity contribution in [3.05, 3.63) is 24.5 Å². The highest BCUT2D eigenvalue weighted by molar-refractivity contribution is 7.99. The van der Waals surface area contributed by atoms with E-state index in [2.05, 4.69) is 35.9 Å². The molecule has 2 nitrogen and oxygen atoms in total. The summed E-state index contributed by atoms with van der Waals surface area (Å²) in [5.41, 5.74) is 0. The zero-order valence-electron chi connectivity index (χ0n) is 8.94. The highest BCUT2D eigenvalue weighted by atomic mass is 32.2. The zero-order chi connectivity index (χ0) is 10.2. The minimum Gasteiger partial charge on any atom is -0.303 e. The van der Waals surface area contributed by atoms with E-state index in [4.69, 9.17) is 0 Å². The average molecular weight is 210 g/mol. The van der Waals surface area contributed by atoms with Gasteiger partial charge in [0, 0.05) is 29.6 Å². The van der Waals surface area contributed by atoms with Crippen molar-refractivity contribution in [3.8, 4) is 0 Å². The number of hydrogen-bond acceptors (Lipinski definition) is 3. The molecule has 1 aromatic heterocycles. The number of aromatic nitrogens is 1. The van der Waals surface area contributed by atoms with Crippen molar-refractivity contribution >= 4 is 11.8 Å². The van der Waals surface area contributed by atoms with Crippen molar-refractivity contribution in [1.29, 1.82) is 0 Å². The molecule has 0 N–H and O–H groups in total. The van der Waals surface area contributed by atoms with Crippen LogP contribution in [0, 0.1) is 0 Å². The molecule has 0 amide bonds. The first kappa shape index (κ1) is 11.5. The van der Waals surface area contributed by atoms with Crippen LogP contribution in [0.15, 0.2) is 29.4 Å². The summed E-state index contributed by atoms with van der Waals surface area (Å²) in [7, 11) is 0. The topological polar surface area (TPSA) is 16.1 Å². The highest BCUT2D eigenvalue weighted by Crippen LogP contribution is 2.15. The second kappa shape index (κ2) is 6.85. The Morgan fingerprint density at radius 2 is 1.86 bits per heavy atom. The fourth-order valence-corrected chi connectivity index (χ4v) is 2.17. The first-order valence-electron chi connectivity index (χ1n) is 5.12. The standard InChI is InChI=1S/C11H18N2S/c1-3-13(4-2)9-10-14-11-5-7-12-8-6-11/h5-8H,3-4,9-10H2,1-2H3. The van der Waals surface area contributed by atoms with Crippen LogP contribution in [-0.2, 0) is 0 Å². The van der Waals surface area contributed by atoms with Crippen LogP contribution >= 0.6 is 11.8 Å². The number of hydrogen-bond donors (Lipinski definition) is 0. The molecule has 1 heterocycles. The fourth-order valence-electron chi connectivity index (χ4n) is 1.27. The molecule has 3 heteroatoms. The van der Waals surface area contributed by atoms with Gasteiger partial charge in [-0.25, -0.2) is 0 Å². The Bertz CT molecular complexity index is 234. The molecule has 0 saturated carbocycles.